The number of nitrogens with zero attached hydrogens (tertiary/aromatic N) is 3. The molecule has 1 saturated heterocycles. The highest BCUT2D eigenvalue weighted by Gasteiger charge is 2.33. The van der Waals surface area contributed by atoms with Crippen molar-refractivity contribution in [2.75, 3.05) is 24.8 Å². The lowest BCUT2D eigenvalue weighted by molar-refractivity contribution is 0.174. The summed E-state index contributed by atoms with van der Waals surface area (Å²) in [7, 11) is 0. The van der Waals surface area contributed by atoms with E-state index in [1.807, 2.05) is 6.07 Å². The lowest BCUT2D eigenvalue weighted by atomic mass is 9.77. The predicted octanol–water partition coefficient (Wildman–Crippen LogP) is 3.68. The van der Waals surface area contributed by atoms with Gasteiger partial charge in [0.1, 0.15) is 5.01 Å². The van der Waals surface area contributed by atoms with Crippen LogP contribution in [-0.4, -0.2) is 30.1 Å². The second-order valence-corrected chi connectivity index (χ2v) is 8.07. The monoisotopic (exact) mass is 345 g/mol. The average molecular weight is 345 g/mol. The number of benzene rings is 1. The fourth-order valence-electron chi connectivity index (χ4n) is 3.68. The Morgan fingerprint density at radius 2 is 2.12 bits per heavy atom. The molecular weight excluding hydrogens is 322 g/mol. The maximum absolute atomic E-state index is 5.52. The topological polar surface area (TPSA) is 47.5 Å². The molecule has 6 heteroatoms. The van der Waals surface area contributed by atoms with Gasteiger partial charge in [-0.15, -0.1) is 10.2 Å². The van der Waals surface area contributed by atoms with E-state index in [2.05, 4.69) is 41.1 Å². The highest BCUT2D eigenvalue weighted by Crippen LogP contribution is 2.39. The fourth-order valence-corrected chi connectivity index (χ4v) is 4.49. The van der Waals surface area contributed by atoms with Crippen molar-refractivity contribution in [2.45, 2.75) is 39.5 Å². The molecule has 0 N–H and O–H groups in total. The van der Waals surface area contributed by atoms with Crippen LogP contribution in [-0.2, 0) is 12.8 Å². The highest BCUT2D eigenvalue weighted by molar-refractivity contribution is 7.15. The second-order valence-electron chi connectivity index (χ2n) is 7.03. The Morgan fingerprint density at radius 3 is 2.96 bits per heavy atom. The van der Waals surface area contributed by atoms with E-state index in [9.17, 15) is 0 Å². The summed E-state index contributed by atoms with van der Waals surface area (Å²) in [6.07, 6.45) is 4.43. The van der Waals surface area contributed by atoms with Gasteiger partial charge in [0.2, 0.25) is 11.9 Å². The average Bonchev–Trinajstić information content (AvgIpc) is 3.23. The summed E-state index contributed by atoms with van der Waals surface area (Å²) in [6.45, 7) is 6.95. The number of aryl methyl sites for hydroxylation is 1. The van der Waals surface area contributed by atoms with Gasteiger partial charge in [-0.1, -0.05) is 31.3 Å². The molecule has 1 unspecified atom stereocenters. The van der Waals surface area contributed by atoms with Crippen molar-refractivity contribution >= 4 is 16.5 Å². The van der Waals surface area contributed by atoms with Crippen LogP contribution in [0.15, 0.2) is 18.2 Å². The van der Waals surface area contributed by atoms with Crippen LogP contribution < -0.4 is 14.4 Å². The highest BCUT2D eigenvalue weighted by atomic mass is 32.1. The summed E-state index contributed by atoms with van der Waals surface area (Å²) in [5, 5.41) is 10.9. The van der Waals surface area contributed by atoms with Crippen molar-refractivity contribution in [3.8, 4) is 11.5 Å². The van der Waals surface area contributed by atoms with Crippen molar-refractivity contribution in [3.05, 3.63) is 28.8 Å². The molecule has 128 valence electrons. The minimum absolute atomic E-state index is 0.240. The maximum atomic E-state index is 5.52. The standard InChI is InChI=1S/C18H23N3O2S/c1-3-16-19-20-17(24-16)21-8-4-7-18(2,11-21)10-13-5-6-14-15(9-13)23-12-22-14/h5-6,9H,3-4,7-8,10-12H2,1-2H3. The molecule has 5 nitrogen and oxygen atoms in total. The molecule has 1 fully saturated rings. The Bertz CT molecular complexity index is 733. The van der Waals surface area contributed by atoms with E-state index in [1.54, 1.807) is 11.3 Å². The first-order valence-electron chi connectivity index (χ1n) is 8.61. The maximum Gasteiger partial charge on any atom is 0.231 e. The molecule has 0 aliphatic carbocycles. The van der Waals surface area contributed by atoms with Gasteiger partial charge in [-0.25, -0.2) is 0 Å². The predicted molar refractivity (Wildman–Crippen MR) is 95.1 cm³/mol. The molecule has 2 aliphatic rings. The van der Waals surface area contributed by atoms with Crippen molar-refractivity contribution in [3.63, 3.8) is 0 Å². The number of aromatic nitrogens is 2. The zero-order valence-electron chi connectivity index (χ0n) is 14.2. The number of fused-ring (bicyclic) bond motifs is 1. The molecule has 0 radical (unpaired) electrons. The van der Waals surface area contributed by atoms with Crippen LogP contribution in [0.25, 0.3) is 0 Å². The third kappa shape index (κ3) is 3.07. The Labute approximate surface area is 146 Å². The molecule has 1 atom stereocenters. The van der Waals surface area contributed by atoms with Gasteiger partial charge in [-0.2, -0.15) is 0 Å². The van der Waals surface area contributed by atoms with Gasteiger partial charge in [0, 0.05) is 13.1 Å². The molecule has 0 spiro atoms. The third-order valence-electron chi connectivity index (χ3n) is 4.88. The first-order valence-corrected chi connectivity index (χ1v) is 9.43. The lowest BCUT2D eigenvalue weighted by Gasteiger charge is -2.40. The molecule has 0 amide bonds. The number of hydrogen-bond acceptors (Lipinski definition) is 6. The summed E-state index contributed by atoms with van der Waals surface area (Å²) in [5.41, 5.74) is 1.55. The Morgan fingerprint density at radius 1 is 1.25 bits per heavy atom. The van der Waals surface area contributed by atoms with Crippen LogP contribution in [0.3, 0.4) is 0 Å². The summed E-state index contributed by atoms with van der Waals surface area (Å²) >= 11 is 1.73. The smallest absolute Gasteiger partial charge is 0.231 e. The van der Waals surface area contributed by atoms with Gasteiger partial charge in [0.25, 0.3) is 0 Å². The molecule has 1 aromatic heterocycles. The minimum Gasteiger partial charge on any atom is -0.454 e. The van der Waals surface area contributed by atoms with E-state index >= 15 is 0 Å². The zero-order chi connectivity index (χ0) is 16.6. The van der Waals surface area contributed by atoms with Crippen molar-refractivity contribution in [1.82, 2.24) is 10.2 Å². The van der Waals surface area contributed by atoms with Crippen LogP contribution in [0.4, 0.5) is 5.13 Å². The third-order valence-corrected chi connectivity index (χ3v) is 6.01. The van der Waals surface area contributed by atoms with Gasteiger partial charge in [0.15, 0.2) is 11.5 Å². The summed E-state index contributed by atoms with van der Waals surface area (Å²) in [6, 6.07) is 6.32. The van der Waals surface area contributed by atoms with Crippen molar-refractivity contribution in [1.29, 1.82) is 0 Å². The fraction of sp³-hybridized carbons (Fsp3) is 0.556. The Kier molecular flexibility index (Phi) is 4.08. The molecular formula is C18H23N3O2S. The van der Waals surface area contributed by atoms with Crippen LogP contribution >= 0.6 is 11.3 Å². The summed E-state index contributed by atoms with van der Waals surface area (Å²) in [5.74, 6) is 1.73. The first kappa shape index (κ1) is 15.7. The van der Waals surface area contributed by atoms with E-state index in [-0.39, 0.29) is 5.41 Å². The zero-order valence-corrected chi connectivity index (χ0v) is 15.1. The normalized spacial score (nSPS) is 22.8. The summed E-state index contributed by atoms with van der Waals surface area (Å²) < 4.78 is 10.9. The minimum atomic E-state index is 0.240. The van der Waals surface area contributed by atoms with E-state index < -0.39 is 0 Å². The molecule has 3 heterocycles. The van der Waals surface area contributed by atoms with E-state index in [1.165, 1.54) is 18.4 Å². The molecule has 0 saturated carbocycles. The van der Waals surface area contributed by atoms with Crippen molar-refractivity contribution in [2.24, 2.45) is 5.41 Å². The quantitative estimate of drug-likeness (QED) is 0.846. The van der Waals surface area contributed by atoms with Crippen molar-refractivity contribution < 1.29 is 9.47 Å². The number of rotatable bonds is 4. The molecule has 0 bridgehead atoms. The number of piperidine rings is 1. The van der Waals surface area contributed by atoms with Gasteiger partial charge in [0.05, 0.1) is 0 Å². The van der Waals surface area contributed by atoms with Crippen LogP contribution in [0.2, 0.25) is 0 Å². The molecule has 2 aromatic rings. The van der Waals surface area contributed by atoms with Crippen LogP contribution in [0.1, 0.15) is 37.3 Å². The molecule has 2 aliphatic heterocycles. The molecule has 24 heavy (non-hydrogen) atoms. The SMILES string of the molecule is CCc1nnc(N2CCCC(C)(Cc3ccc4c(c3)OCO4)C2)s1. The molecule has 1 aromatic carbocycles. The van der Waals surface area contributed by atoms with E-state index in [4.69, 9.17) is 9.47 Å². The first-order chi connectivity index (χ1) is 11.6. The van der Waals surface area contributed by atoms with Gasteiger partial charge in [-0.05, 0) is 48.8 Å². The van der Waals surface area contributed by atoms with E-state index in [0.717, 1.165) is 47.6 Å². The van der Waals surface area contributed by atoms with Crippen LogP contribution in [0, 0.1) is 5.41 Å². The number of ether oxygens (including phenoxy) is 2. The van der Waals surface area contributed by atoms with Gasteiger partial charge >= 0.3 is 0 Å². The van der Waals surface area contributed by atoms with E-state index in [0.29, 0.717) is 6.79 Å². The van der Waals surface area contributed by atoms with Crippen LogP contribution in [0.5, 0.6) is 11.5 Å². The largest absolute Gasteiger partial charge is 0.454 e. The molecule has 4 rings (SSSR count). The Balaban J connectivity index is 1.49. The second kappa shape index (κ2) is 6.24. The number of anilines is 1. The van der Waals surface area contributed by atoms with Gasteiger partial charge < -0.3 is 14.4 Å². The number of hydrogen-bond donors (Lipinski definition) is 0. The van der Waals surface area contributed by atoms with Gasteiger partial charge in [-0.3, -0.25) is 0 Å². The Hall–Kier alpha value is -1.82. The summed E-state index contributed by atoms with van der Waals surface area (Å²) in [4.78, 5) is 2.41. The lowest BCUT2D eigenvalue weighted by Crippen LogP contribution is -2.42.